The minimum atomic E-state index is 0.120. The lowest BCUT2D eigenvalue weighted by Crippen LogP contribution is -2.55. The third kappa shape index (κ3) is 5.29. The summed E-state index contributed by atoms with van der Waals surface area (Å²) in [6, 6.07) is 82.8. The summed E-state index contributed by atoms with van der Waals surface area (Å²) >= 11 is 0. The van der Waals surface area contributed by atoms with Crippen molar-refractivity contribution in [3.8, 4) is 55.9 Å². The summed E-state index contributed by atoms with van der Waals surface area (Å²) in [5, 5.41) is 7.61. The highest BCUT2D eigenvalue weighted by Crippen LogP contribution is 2.69. The fourth-order valence-corrected chi connectivity index (χ4v) is 15.4. The predicted octanol–water partition coefficient (Wildman–Crippen LogP) is 17.8. The van der Waals surface area contributed by atoms with E-state index < -0.39 is 0 Å². The molecule has 0 N–H and O–H groups in total. The zero-order valence-corrected chi connectivity index (χ0v) is 39.0. The van der Waals surface area contributed by atoms with Gasteiger partial charge < -0.3 is 9.13 Å². The zero-order valence-electron chi connectivity index (χ0n) is 39.0. The van der Waals surface area contributed by atoms with Crippen LogP contribution in [0, 0.1) is 23.7 Å². The van der Waals surface area contributed by atoms with Gasteiger partial charge in [0, 0.05) is 37.9 Å². The van der Waals surface area contributed by atoms with Gasteiger partial charge in [-0.3, -0.25) is 0 Å². The molecule has 4 saturated carbocycles. The van der Waals surface area contributed by atoms with Crippen LogP contribution in [0.3, 0.4) is 0 Å². The number of benzene rings is 10. The van der Waals surface area contributed by atoms with Crippen LogP contribution in [0.15, 0.2) is 218 Å². The van der Waals surface area contributed by atoms with E-state index in [1.54, 1.807) is 11.1 Å². The lowest BCUT2D eigenvalue weighted by atomic mass is 9.43. The summed E-state index contributed by atoms with van der Waals surface area (Å²) in [4.78, 5) is 0. The SMILES string of the molecule is c1ccc(-c2ccccc2-n2c3ccccc3c3ccc(-c4ccc5c6ccccc6n(-c6cccc7cccc(-c8ccc9c(c8)C8(c%10ccccc%10-9)C9CC%10CC(C9)CC8C%10)c67)c5c4)cc32)cc1. The van der Waals surface area contributed by atoms with Crippen molar-refractivity contribution in [2.24, 2.45) is 23.7 Å². The van der Waals surface area contributed by atoms with Gasteiger partial charge in [0.1, 0.15) is 0 Å². The van der Waals surface area contributed by atoms with Gasteiger partial charge in [-0.2, -0.15) is 0 Å². The van der Waals surface area contributed by atoms with E-state index in [2.05, 4.69) is 228 Å². The van der Waals surface area contributed by atoms with E-state index in [-0.39, 0.29) is 5.41 Å². The van der Waals surface area contributed by atoms with Crippen molar-refractivity contribution in [2.75, 3.05) is 0 Å². The molecule has 2 nitrogen and oxygen atoms in total. The molecular formula is C68H50N2. The number of para-hydroxylation sites is 3. The summed E-state index contributed by atoms with van der Waals surface area (Å²) in [5.41, 5.74) is 21.0. The maximum Gasteiger partial charge on any atom is 0.0547 e. The Morgan fingerprint density at radius 2 is 0.829 bits per heavy atom. The molecule has 0 unspecified atom stereocenters. The fourth-order valence-electron chi connectivity index (χ4n) is 15.4. The first-order chi connectivity index (χ1) is 34.7. The van der Waals surface area contributed by atoms with Crippen molar-refractivity contribution in [2.45, 2.75) is 37.5 Å². The van der Waals surface area contributed by atoms with Crippen LogP contribution in [0.5, 0.6) is 0 Å². The highest BCUT2D eigenvalue weighted by Gasteiger charge is 2.61. The van der Waals surface area contributed by atoms with Crippen LogP contribution >= 0.6 is 0 Å². The van der Waals surface area contributed by atoms with Gasteiger partial charge in [-0.15, -0.1) is 0 Å². The number of hydrogen-bond donors (Lipinski definition) is 0. The van der Waals surface area contributed by atoms with Crippen molar-refractivity contribution in [3.05, 3.63) is 230 Å². The van der Waals surface area contributed by atoms with Gasteiger partial charge in [0.05, 0.1) is 33.4 Å². The quantitative estimate of drug-likeness (QED) is 0.163. The highest BCUT2D eigenvalue weighted by molar-refractivity contribution is 6.14. The van der Waals surface area contributed by atoms with Crippen molar-refractivity contribution >= 4 is 54.4 Å². The second kappa shape index (κ2) is 14.5. The van der Waals surface area contributed by atoms with E-state index in [1.165, 1.54) is 142 Å². The smallest absolute Gasteiger partial charge is 0.0547 e. The molecule has 17 rings (SSSR count). The normalized spacial score (nSPS) is 20.9. The third-order valence-corrected chi connectivity index (χ3v) is 17.9. The molecule has 0 atom stereocenters. The maximum absolute atomic E-state index is 2.67. The molecule has 2 aromatic heterocycles. The van der Waals surface area contributed by atoms with Gasteiger partial charge in [-0.1, -0.05) is 176 Å². The van der Waals surface area contributed by atoms with E-state index in [0.29, 0.717) is 0 Å². The third-order valence-electron chi connectivity index (χ3n) is 17.9. The molecule has 4 bridgehead atoms. The summed E-state index contributed by atoms with van der Waals surface area (Å²) in [6.07, 6.45) is 7.01. The largest absolute Gasteiger partial charge is 0.309 e. The topological polar surface area (TPSA) is 9.86 Å². The average Bonchev–Trinajstić information content (AvgIpc) is 4.03. The van der Waals surface area contributed by atoms with Crippen LogP contribution in [0.1, 0.15) is 43.2 Å². The van der Waals surface area contributed by atoms with Crippen LogP contribution in [0.4, 0.5) is 0 Å². The number of aromatic nitrogens is 2. The Kier molecular flexibility index (Phi) is 8.10. The maximum atomic E-state index is 2.67. The van der Waals surface area contributed by atoms with E-state index in [1.807, 2.05) is 0 Å². The fraction of sp³-hybridized carbons (Fsp3) is 0.147. The number of hydrogen-bond acceptors (Lipinski definition) is 0. The van der Waals surface area contributed by atoms with E-state index in [0.717, 1.165) is 23.7 Å². The van der Waals surface area contributed by atoms with E-state index in [4.69, 9.17) is 0 Å². The van der Waals surface area contributed by atoms with Crippen LogP contribution in [0.25, 0.3) is 110 Å². The van der Waals surface area contributed by atoms with Crippen LogP contribution in [0.2, 0.25) is 0 Å². The Balaban J connectivity index is 0.892. The van der Waals surface area contributed by atoms with Crippen LogP contribution in [-0.2, 0) is 5.41 Å². The molecule has 10 aromatic carbocycles. The van der Waals surface area contributed by atoms with Gasteiger partial charge in [0.25, 0.3) is 0 Å². The van der Waals surface area contributed by atoms with Gasteiger partial charge in [-0.05, 0) is 154 Å². The monoisotopic (exact) mass is 894 g/mol. The Hall–Kier alpha value is -7.94. The Labute approximate surface area is 408 Å². The Morgan fingerprint density at radius 3 is 1.53 bits per heavy atom. The van der Waals surface area contributed by atoms with Crippen LogP contribution in [-0.4, -0.2) is 9.13 Å². The molecular weight excluding hydrogens is 845 g/mol. The summed E-state index contributed by atoms with van der Waals surface area (Å²) < 4.78 is 5.04. The summed E-state index contributed by atoms with van der Waals surface area (Å²) in [5.74, 6) is 3.28. The van der Waals surface area contributed by atoms with Crippen LogP contribution < -0.4 is 0 Å². The Morgan fingerprint density at radius 1 is 0.314 bits per heavy atom. The second-order valence-electron chi connectivity index (χ2n) is 21.2. The first-order valence-corrected chi connectivity index (χ1v) is 25.7. The molecule has 0 amide bonds. The standard InChI is InChI=1S/C68H50N2/c1-2-14-44(15-3-1)51-18-5-9-24-61(51)69-62-25-10-6-20-55(62)57-32-28-46(40-65(57)69)47-29-33-58-56-21-7-11-26-63(56)70(66(58)41-47)64-27-13-17-45-16-12-22-52(67(45)64)48-30-31-54-53-19-4-8-23-59(53)68(60(54)39-48)49-35-42-34-43(37-49)38-50(68)36-42/h1-33,39-43,49-50H,34-38H2. The first-order valence-electron chi connectivity index (χ1n) is 25.7. The van der Waals surface area contributed by atoms with Crippen molar-refractivity contribution in [1.29, 1.82) is 0 Å². The van der Waals surface area contributed by atoms with Gasteiger partial charge in [0.15, 0.2) is 0 Å². The average molecular weight is 895 g/mol. The molecule has 12 aromatic rings. The first kappa shape index (κ1) is 39.0. The second-order valence-corrected chi connectivity index (χ2v) is 21.2. The van der Waals surface area contributed by atoms with E-state index in [9.17, 15) is 0 Å². The lowest BCUT2D eigenvalue weighted by Gasteiger charge is -2.61. The van der Waals surface area contributed by atoms with Gasteiger partial charge >= 0.3 is 0 Å². The molecule has 2 heterocycles. The lowest BCUT2D eigenvalue weighted by molar-refractivity contribution is -0.0399. The molecule has 4 fully saturated rings. The summed E-state index contributed by atoms with van der Waals surface area (Å²) in [6.45, 7) is 0. The predicted molar refractivity (Wildman–Crippen MR) is 292 cm³/mol. The summed E-state index contributed by atoms with van der Waals surface area (Å²) in [7, 11) is 0. The molecule has 332 valence electrons. The number of rotatable bonds is 5. The van der Waals surface area contributed by atoms with Crippen molar-refractivity contribution in [1.82, 2.24) is 9.13 Å². The highest BCUT2D eigenvalue weighted by atomic mass is 15.0. The number of nitrogens with zero attached hydrogens (tertiary/aromatic N) is 2. The van der Waals surface area contributed by atoms with Gasteiger partial charge in [0.2, 0.25) is 0 Å². The molecule has 0 radical (unpaired) electrons. The number of fused-ring (bicyclic) bond motifs is 10. The zero-order chi connectivity index (χ0) is 45.7. The van der Waals surface area contributed by atoms with Crippen molar-refractivity contribution < 1.29 is 0 Å². The molecule has 0 aliphatic heterocycles. The van der Waals surface area contributed by atoms with Gasteiger partial charge in [-0.25, -0.2) is 0 Å². The molecule has 5 aliphatic rings. The molecule has 5 aliphatic carbocycles. The Bertz CT molecular complexity index is 4110. The molecule has 70 heavy (non-hydrogen) atoms. The molecule has 2 heteroatoms. The van der Waals surface area contributed by atoms with E-state index >= 15 is 0 Å². The minimum Gasteiger partial charge on any atom is -0.309 e. The molecule has 1 spiro atoms. The van der Waals surface area contributed by atoms with Crippen molar-refractivity contribution in [3.63, 3.8) is 0 Å². The minimum absolute atomic E-state index is 0.120. The molecule has 0 saturated heterocycles.